The van der Waals surface area contributed by atoms with E-state index in [1.165, 1.54) is 24.3 Å². The molecule has 1 aromatic heterocycles. The van der Waals surface area contributed by atoms with Gasteiger partial charge in [-0.15, -0.1) is 0 Å². The highest BCUT2D eigenvalue weighted by Crippen LogP contribution is 2.35. The lowest BCUT2D eigenvalue weighted by atomic mass is 10.2. The Morgan fingerprint density at radius 2 is 1.89 bits per heavy atom. The lowest BCUT2D eigenvalue weighted by Crippen LogP contribution is -2.33. The molecule has 0 fully saturated rings. The molecule has 0 bridgehead atoms. The molecule has 0 atom stereocenters. The highest BCUT2D eigenvalue weighted by Gasteiger charge is 2.44. The van der Waals surface area contributed by atoms with Crippen molar-refractivity contribution in [1.82, 2.24) is 4.57 Å². The van der Waals surface area contributed by atoms with Gasteiger partial charge in [0.15, 0.2) is 0 Å². The van der Waals surface area contributed by atoms with Crippen LogP contribution in [0.3, 0.4) is 0 Å². The molecule has 3 rings (SSSR count). The molecule has 0 unspecified atom stereocenters. The van der Waals surface area contributed by atoms with Crippen LogP contribution in [0, 0.1) is 5.41 Å². The normalized spacial score (nSPS) is 11.5. The second-order valence-electron chi connectivity index (χ2n) is 7.54. The van der Waals surface area contributed by atoms with Crippen LogP contribution in [0.1, 0.15) is 5.69 Å². The Bertz CT molecular complexity index is 1210. The topological polar surface area (TPSA) is 101 Å². The molecule has 200 valence electrons. The molecule has 3 aromatic rings. The van der Waals surface area contributed by atoms with E-state index in [-0.39, 0.29) is 35.6 Å². The van der Waals surface area contributed by atoms with Gasteiger partial charge in [-0.3, -0.25) is 5.41 Å². The number of nitrogens with one attached hydrogen (secondary N) is 3. The minimum absolute atomic E-state index is 0.0397. The first-order chi connectivity index (χ1) is 17.6. The highest BCUT2D eigenvalue weighted by molar-refractivity contribution is 6.32. The third-order valence-corrected chi connectivity index (χ3v) is 5.22. The maximum atomic E-state index is 13.2. The molecular weight excluding hydrogens is 520 g/mol. The van der Waals surface area contributed by atoms with Crippen LogP contribution in [0.25, 0.3) is 0 Å². The number of hydrogen-bond acceptors (Lipinski definition) is 6. The number of alkyl halides is 4. The van der Waals surface area contributed by atoms with Crippen molar-refractivity contribution >= 4 is 28.8 Å². The zero-order valence-corrected chi connectivity index (χ0v) is 20.4. The van der Waals surface area contributed by atoms with Crippen molar-refractivity contribution in [2.45, 2.75) is 19.1 Å². The fraction of sp³-hybridized carbons (Fsp3) is 0.292. The molecule has 13 heteroatoms. The zero-order chi connectivity index (χ0) is 27.0. The number of nitrogens with zero attached hydrogens (tertiary/aromatic N) is 1. The monoisotopic (exact) mass is 544 g/mol. The van der Waals surface area contributed by atoms with Crippen molar-refractivity contribution in [3.8, 4) is 17.2 Å². The summed E-state index contributed by atoms with van der Waals surface area (Å²) in [4.78, 5) is 0. The lowest BCUT2D eigenvalue weighted by molar-refractivity contribution is -0.253. The van der Waals surface area contributed by atoms with Gasteiger partial charge in [-0.2, -0.15) is 17.6 Å². The van der Waals surface area contributed by atoms with Crippen LogP contribution in [0.15, 0.2) is 54.7 Å². The van der Waals surface area contributed by atoms with Gasteiger partial charge in [0.25, 0.3) is 0 Å². The predicted octanol–water partition coefficient (Wildman–Crippen LogP) is 5.66. The lowest BCUT2D eigenvalue weighted by Gasteiger charge is -2.17. The van der Waals surface area contributed by atoms with Crippen LogP contribution in [-0.2, 0) is 11.3 Å². The fourth-order valence-corrected chi connectivity index (χ4v) is 3.48. The molecule has 0 saturated heterocycles. The number of rotatable bonds is 13. The van der Waals surface area contributed by atoms with Crippen molar-refractivity contribution in [2.24, 2.45) is 0 Å². The zero-order valence-electron chi connectivity index (χ0n) is 19.6. The molecule has 8 nitrogen and oxygen atoms in total. The molecule has 0 aliphatic rings. The number of benzene rings is 2. The van der Waals surface area contributed by atoms with Crippen molar-refractivity contribution in [1.29, 1.82) is 5.41 Å². The van der Waals surface area contributed by atoms with Crippen molar-refractivity contribution in [3.05, 3.63) is 65.4 Å². The van der Waals surface area contributed by atoms with Crippen LogP contribution in [0.5, 0.6) is 17.2 Å². The summed E-state index contributed by atoms with van der Waals surface area (Å²) in [5.74, 6) is -0.225. The molecule has 0 radical (unpaired) electrons. The first-order valence-corrected chi connectivity index (χ1v) is 11.4. The number of hydrogen-bond donors (Lipinski definition) is 4. The summed E-state index contributed by atoms with van der Waals surface area (Å²) in [6.07, 6.45) is -6.83. The Labute approximate surface area is 215 Å². The van der Waals surface area contributed by atoms with Gasteiger partial charge in [0.1, 0.15) is 28.8 Å². The molecule has 4 N–H and O–H groups in total. The van der Waals surface area contributed by atoms with Gasteiger partial charge < -0.3 is 34.5 Å². The van der Waals surface area contributed by atoms with Gasteiger partial charge in [0, 0.05) is 31.5 Å². The SMILES string of the molecule is CNc1ccn(CCOCCO)c1C(=N)Nc1ccc(Oc2cccc(OC(F)(F)C(F)F)c2)c(Cl)c1. The molecule has 37 heavy (non-hydrogen) atoms. The second kappa shape index (κ2) is 12.7. The first kappa shape index (κ1) is 28.1. The van der Waals surface area contributed by atoms with E-state index in [4.69, 9.17) is 31.6 Å². The minimum atomic E-state index is -4.65. The quantitative estimate of drug-likeness (QED) is 0.0959. The van der Waals surface area contributed by atoms with Crippen LogP contribution in [-0.4, -0.2) is 54.9 Å². The van der Waals surface area contributed by atoms with Crippen molar-refractivity contribution in [3.63, 3.8) is 0 Å². The molecular formula is C24H25ClF4N4O4. The fourth-order valence-electron chi connectivity index (χ4n) is 3.26. The van der Waals surface area contributed by atoms with Gasteiger partial charge >= 0.3 is 12.5 Å². The van der Waals surface area contributed by atoms with Crippen LogP contribution in [0.4, 0.5) is 28.9 Å². The van der Waals surface area contributed by atoms with Gasteiger partial charge in [-0.05, 0) is 36.4 Å². The number of aromatic nitrogens is 1. The van der Waals surface area contributed by atoms with Gasteiger partial charge in [-0.1, -0.05) is 17.7 Å². The summed E-state index contributed by atoms with van der Waals surface area (Å²) in [6, 6.07) is 11.3. The van der Waals surface area contributed by atoms with Crippen molar-refractivity contribution < 1.29 is 36.9 Å². The Morgan fingerprint density at radius 1 is 1.14 bits per heavy atom. The van der Waals surface area contributed by atoms with Crippen molar-refractivity contribution in [2.75, 3.05) is 37.5 Å². The number of amidine groups is 1. The van der Waals surface area contributed by atoms with Crippen LogP contribution >= 0.6 is 11.6 Å². The Kier molecular flexibility index (Phi) is 9.61. The summed E-state index contributed by atoms with van der Waals surface area (Å²) < 4.78 is 68.0. The van der Waals surface area contributed by atoms with Gasteiger partial charge in [0.2, 0.25) is 0 Å². The minimum Gasteiger partial charge on any atom is -0.456 e. The van der Waals surface area contributed by atoms with Gasteiger partial charge in [-0.25, -0.2) is 0 Å². The third-order valence-electron chi connectivity index (χ3n) is 4.92. The highest BCUT2D eigenvalue weighted by atomic mass is 35.5. The summed E-state index contributed by atoms with van der Waals surface area (Å²) in [5, 5.41) is 23.5. The second-order valence-corrected chi connectivity index (χ2v) is 7.95. The first-order valence-electron chi connectivity index (χ1n) is 11.0. The molecule has 0 aliphatic heterocycles. The van der Waals surface area contributed by atoms with Crippen LogP contribution < -0.4 is 20.1 Å². The van der Waals surface area contributed by atoms with E-state index >= 15 is 0 Å². The Balaban J connectivity index is 1.70. The van der Waals surface area contributed by atoms with E-state index in [9.17, 15) is 17.6 Å². The molecule has 0 saturated carbocycles. The van der Waals surface area contributed by atoms with E-state index in [1.54, 1.807) is 19.3 Å². The third kappa shape index (κ3) is 7.51. The molecule has 0 aliphatic carbocycles. The molecule has 0 spiro atoms. The van der Waals surface area contributed by atoms with E-state index in [1.807, 2.05) is 10.6 Å². The average molecular weight is 545 g/mol. The number of halogens is 5. The van der Waals surface area contributed by atoms with Crippen LogP contribution in [0.2, 0.25) is 5.02 Å². The van der Waals surface area contributed by atoms with E-state index in [2.05, 4.69) is 15.4 Å². The number of ether oxygens (including phenoxy) is 3. The van der Waals surface area contributed by atoms with Gasteiger partial charge in [0.05, 0.1) is 30.5 Å². The van der Waals surface area contributed by atoms with E-state index < -0.39 is 18.3 Å². The largest absolute Gasteiger partial charge is 0.461 e. The molecule has 2 aromatic carbocycles. The molecule has 1 heterocycles. The standard InChI is InChI=1S/C24H25ClF4N4O4/c1-31-19-7-8-33(9-11-35-12-10-34)21(19)22(30)32-15-5-6-20(18(25)13-15)36-16-3-2-4-17(14-16)37-24(28,29)23(26)27/h2-8,13-14,23,31,34H,9-12H2,1H3,(H2,30,32). The summed E-state index contributed by atoms with van der Waals surface area (Å²) in [7, 11) is 1.73. The summed E-state index contributed by atoms with van der Waals surface area (Å²) >= 11 is 6.32. The number of aliphatic hydroxyl groups excluding tert-OH is 1. The molecule has 0 amide bonds. The smallest absolute Gasteiger partial charge is 0.456 e. The van der Waals surface area contributed by atoms with E-state index in [0.29, 0.717) is 30.2 Å². The number of aliphatic hydroxyl groups is 1. The summed E-state index contributed by atoms with van der Waals surface area (Å²) in [6.45, 7) is 0.951. The average Bonchev–Trinajstić information content (AvgIpc) is 3.26. The summed E-state index contributed by atoms with van der Waals surface area (Å²) in [5.41, 5.74) is 1.76. The maximum absolute atomic E-state index is 13.2. The predicted molar refractivity (Wildman–Crippen MR) is 132 cm³/mol. The Morgan fingerprint density at radius 3 is 2.57 bits per heavy atom. The van der Waals surface area contributed by atoms with E-state index in [0.717, 1.165) is 12.1 Å². The Hall–Kier alpha value is -3.48. The maximum Gasteiger partial charge on any atom is 0.461 e. The number of anilines is 2.